The minimum atomic E-state index is -0.179. The van der Waals surface area contributed by atoms with Gasteiger partial charge in [-0.25, -0.2) is 9.18 Å². The van der Waals surface area contributed by atoms with Gasteiger partial charge in [-0.1, -0.05) is 18.2 Å². The Balaban J connectivity index is 1.22. The van der Waals surface area contributed by atoms with Crippen LogP contribution in [-0.2, 0) is 6.42 Å². The molecule has 6 nitrogen and oxygen atoms in total. The Hall–Kier alpha value is -2.95. The number of urea groups is 1. The number of likely N-dealkylation sites (tertiary alicyclic amines) is 1. The van der Waals surface area contributed by atoms with Gasteiger partial charge >= 0.3 is 6.03 Å². The van der Waals surface area contributed by atoms with Crippen molar-refractivity contribution in [3.63, 3.8) is 0 Å². The first-order valence-electron chi connectivity index (χ1n) is 11.4. The summed E-state index contributed by atoms with van der Waals surface area (Å²) in [4.78, 5) is 17.0. The Bertz CT molecular complexity index is 950. The molecule has 0 saturated carbocycles. The van der Waals surface area contributed by atoms with E-state index in [0.29, 0.717) is 30.3 Å². The number of nitrogens with zero attached hydrogens (tertiary/aromatic N) is 3. The number of piperidine rings is 1. The number of nitriles is 1. The van der Waals surface area contributed by atoms with Crippen LogP contribution in [0.4, 0.5) is 14.9 Å². The molecule has 2 heterocycles. The molecule has 2 aromatic rings. The highest BCUT2D eigenvalue weighted by Crippen LogP contribution is 2.22. The second-order valence-electron chi connectivity index (χ2n) is 8.79. The number of benzene rings is 2. The van der Waals surface area contributed by atoms with Gasteiger partial charge in [0, 0.05) is 37.9 Å². The number of anilines is 1. The monoisotopic (exact) mass is 435 g/mol. The third-order valence-corrected chi connectivity index (χ3v) is 6.41. The Morgan fingerprint density at radius 3 is 2.69 bits per heavy atom. The highest BCUT2D eigenvalue weighted by molar-refractivity contribution is 5.89. The average molecular weight is 436 g/mol. The molecule has 2 aliphatic heterocycles. The van der Waals surface area contributed by atoms with Crippen molar-refractivity contribution >= 4 is 11.7 Å². The molecule has 0 aromatic heterocycles. The standard InChI is InChI=1S/C25H30FN5O/c26-22-6-4-19(5-7-22)14-20-8-11-30(12-9-20)17-24-18-31(13-10-28-24)25(32)29-23-3-1-2-21(15-23)16-27/h1-7,15,20,24,28H,8-14,17-18H2,(H,29,32). The summed E-state index contributed by atoms with van der Waals surface area (Å²) in [5.74, 6) is 0.462. The fourth-order valence-corrected chi connectivity index (χ4v) is 4.64. The van der Waals surface area contributed by atoms with Gasteiger partial charge in [-0.05, 0) is 74.2 Å². The van der Waals surface area contributed by atoms with Gasteiger partial charge in [-0.2, -0.15) is 5.26 Å². The number of hydrogen-bond donors (Lipinski definition) is 2. The van der Waals surface area contributed by atoms with Crippen LogP contribution in [-0.4, -0.2) is 61.1 Å². The highest BCUT2D eigenvalue weighted by Gasteiger charge is 2.27. The minimum absolute atomic E-state index is 0.121. The summed E-state index contributed by atoms with van der Waals surface area (Å²) in [5.41, 5.74) is 2.39. The van der Waals surface area contributed by atoms with E-state index in [4.69, 9.17) is 5.26 Å². The van der Waals surface area contributed by atoms with Crippen molar-refractivity contribution in [2.24, 2.45) is 5.92 Å². The van der Waals surface area contributed by atoms with E-state index in [1.165, 1.54) is 5.56 Å². The van der Waals surface area contributed by atoms with Crippen LogP contribution in [0.15, 0.2) is 48.5 Å². The molecule has 1 unspecified atom stereocenters. The van der Waals surface area contributed by atoms with Crippen molar-refractivity contribution in [2.75, 3.05) is 44.6 Å². The molecule has 2 aromatic carbocycles. The second-order valence-corrected chi connectivity index (χ2v) is 8.79. The van der Waals surface area contributed by atoms with Gasteiger partial charge in [-0.15, -0.1) is 0 Å². The molecule has 2 amide bonds. The molecule has 2 fully saturated rings. The van der Waals surface area contributed by atoms with Crippen LogP contribution in [0, 0.1) is 23.1 Å². The molecule has 32 heavy (non-hydrogen) atoms. The van der Waals surface area contributed by atoms with E-state index >= 15 is 0 Å². The normalized spacial score (nSPS) is 20.0. The first kappa shape index (κ1) is 22.3. The number of nitrogens with one attached hydrogen (secondary N) is 2. The lowest BCUT2D eigenvalue weighted by Crippen LogP contribution is -2.57. The SMILES string of the molecule is N#Cc1cccc(NC(=O)N2CCNC(CN3CCC(Cc4ccc(F)cc4)CC3)C2)c1. The molecule has 2 saturated heterocycles. The van der Waals surface area contributed by atoms with E-state index in [2.05, 4.69) is 21.6 Å². The fraction of sp³-hybridized carbons (Fsp3) is 0.440. The van der Waals surface area contributed by atoms with Crippen LogP contribution < -0.4 is 10.6 Å². The molecule has 2 N–H and O–H groups in total. The van der Waals surface area contributed by atoms with Crippen molar-refractivity contribution < 1.29 is 9.18 Å². The quantitative estimate of drug-likeness (QED) is 0.755. The molecule has 168 valence electrons. The largest absolute Gasteiger partial charge is 0.322 e. The van der Waals surface area contributed by atoms with Crippen LogP contribution in [0.1, 0.15) is 24.0 Å². The molecule has 0 bridgehead atoms. The topological polar surface area (TPSA) is 71.4 Å². The van der Waals surface area contributed by atoms with Crippen molar-refractivity contribution in [1.29, 1.82) is 5.26 Å². The number of hydrogen-bond acceptors (Lipinski definition) is 4. The van der Waals surface area contributed by atoms with Crippen molar-refractivity contribution in [3.05, 3.63) is 65.5 Å². The Labute approximate surface area is 189 Å². The number of carbonyl (C=O) groups excluding carboxylic acids is 1. The lowest BCUT2D eigenvalue weighted by atomic mass is 9.90. The van der Waals surface area contributed by atoms with Gasteiger partial charge < -0.3 is 20.4 Å². The minimum Gasteiger partial charge on any atom is -0.322 e. The van der Waals surface area contributed by atoms with E-state index < -0.39 is 0 Å². The lowest BCUT2D eigenvalue weighted by molar-refractivity contribution is 0.139. The van der Waals surface area contributed by atoms with Crippen molar-refractivity contribution in [3.8, 4) is 6.07 Å². The van der Waals surface area contributed by atoms with Crippen LogP contribution in [0.25, 0.3) is 0 Å². The number of carbonyl (C=O) groups is 1. The lowest BCUT2D eigenvalue weighted by Gasteiger charge is -2.38. The summed E-state index contributed by atoms with van der Waals surface area (Å²) in [5, 5.41) is 15.5. The second kappa shape index (κ2) is 10.6. The van der Waals surface area contributed by atoms with Gasteiger partial charge in [0.1, 0.15) is 5.82 Å². The zero-order chi connectivity index (χ0) is 22.3. The average Bonchev–Trinajstić information content (AvgIpc) is 2.82. The molecule has 0 spiro atoms. The summed E-state index contributed by atoms with van der Waals surface area (Å²) in [6, 6.07) is 16.1. The highest BCUT2D eigenvalue weighted by atomic mass is 19.1. The van der Waals surface area contributed by atoms with E-state index in [1.54, 1.807) is 36.4 Å². The summed E-state index contributed by atoms with van der Waals surface area (Å²) in [6.07, 6.45) is 3.30. The fourth-order valence-electron chi connectivity index (χ4n) is 4.64. The summed E-state index contributed by atoms with van der Waals surface area (Å²) in [6.45, 7) is 5.14. The molecule has 4 rings (SSSR count). The molecule has 7 heteroatoms. The van der Waals surface area contributed by atoms with Gasteiger partial charge in [0.25, 0.3) is 0 Å². The first-order chi connectivity index (χ1) is 15.6. The predicted molar refractivity (Wildman–Crippen MR) is 123 cm³/mol. The van der Waals surface area contributed by atoms with Crippen LogP contribution >= 0.6 is 0 Å². The third-order valence-electron chi connectivity index (χ3n) is 6.41. The Morgan fingerprint density at radius 1 is 1.16 bits per heavy atom. The molecular weight excluding hydrogens is 405 g/mol. The molecular formula is C25H30FN5O. The molecule has 2 aliphatic rings. The maximum absolute atomic E-state index is 13.1. The first-order valence-corrected chi connectivity index (χ1v) is 11.4. The Kier molecular flexibility index (Phi) is 7.35. The summed E-state index contributed by atoms with van der Waals surface area (Å²) < 4.78 is 13.1. The van der Waals surface area contributed by atoms with E-state index in [1.807, 2.05) is 17.0 Å². The maximum atomic E-state index is 13.1. The summed E-state index contributed by atoms with van der Waals surface area (Å²) >= 11 is 0. The summed E-state index contributed by atoms with van der Waals surface area (Å²) in [7, 11) is 0. The van der Waals surface area contributed by atoms with Crippen LogP contribution in [0.3, 0.4) is 0 Å². The molecule has 0 radical (unpaired) electrons. The molecule has 1 atom stereocenters. The number of halogens is 1. The molecule has 0 aliphatic carbocycles. The zero-order valence-electron chi connectivity index (χ0n) is 18.3. The third kappa shape index (κ3) is 6.06. The van der Waals surface area contributed by atoms with Gasteiger partial charge in [0.05, 0.1) is 11.6 Å². The number of rotatable bonds is 5. The van der Waals surface area contributed by atoms with Gasteiger partial charge in [0.2, 0.25) is 0 Å². The van der Waals surface area contributed by atoms with E-state index in [-0.39, 0.29) is 17.9 Å². The van der Waals surface area contributed by atoms with E-state index in [0.717, 1.165) is 45.4 Å². The van der Waals surface area contributed by atoms with Crippen molar-refractivity contribution in [1.82, 2.24) is 15.1 Å². The zero-order valence-corrected chi connectivity index (χ0v) is 18.3. The number of amides is 2. The van der Waals surface area contributed by atoms with Crippen LogP contribution in [0.5, 0.6) is 0 Å². The van der Waals surface area contributed by atoms with E-state index in [9.17, 15) is 9.18 Å². The maximum Gasteiger partial charge on any atom is 0.321 e. The van der Waals surface area contributed by atoms with Crippen molar-refractivity contribution in [2.45, 2.75) is 25.3 Å². The Morgan fingerprint density at radius 2 is 1.94 bits per heavy atom. The smallest absolute Gasteiger partial charge is 0.321 e. The van der Waals surface area contributed by atoms with Gasteiger partial charge in [-0.3, -0.25) is 0 Å². The van der Waals surface area contributed by atoms with Gasteiger partial charge in [0.15, 0.2) is 0 Å². The van der Waals surface area contributed by atoms with Crippen LogP contribution in [0.2, 0.25) is 0 Å². The predicted octanol–water partition coefficient (Wildman–Crippen LogP) is 3.46. The number of piperazine rings is 1.